The molecule has 0 radical (unpaired) electrons. The molecule has 1 aromatic carbocycles. The molecular weight excluding hydrogens is 348 g/mol. The maximum atomic E-state index is 12.1. The van der Waals surface area contributed by atoms with E-state index in [9.17, 15) is 9.59 Å². The summed E-state index contributed by atoms with van der Waals surface area (Å²) >= 11 is 0. The topological polar surface area (TPSA) is 77.1 Å². The van der Waals surface area contributed by atoms with E-state index in [1.807, 2.05) is 32.9 Å². The van der Waals surface area contributed by atoms with E-state index in [1.54, 1.807) is 24.1 Å². The number of nitrogens with zero attached hydrogens (tertiary/aromatic N) is 1. The molecular formula is C20H30N2O5. The van der Waals surface area contributed by atoms with Gasteiger partial charge in [-0.3, -0.25) is 5.32 Å². The van der Waals surface area contributed by atoms with Crippen molar-refractivity contribution in [1.29, 1.82) is 0 Å². The normalized spacial score (nSPS) is 15.2. The van der Waals surface area contributed by atoms with E-state index in [2.05, 4.69) is 5.32 Å². The number of rotatable bonds is 5. The summed E-state index contributed by atoms with van der Waals surface area (Å²) in [5.41, 5.74) is 0.526. The lowest BCUT2D eigenvalue weighted by Crippen LogP contribution is -2.40. The molecule has 7 heteroatoms. The molecule has 0 atom stereocenters. The maximum Gasteiger partial charge on any atom is 0.411 e. The number of para-hydroxylation sites is 2. The average Bonchev–Trinajstić information content (AvgIpc) is 2.64. The van der Waals surface area contributed by atoms with Crippen LogP contribution in [0.25, 0.3) is 0 Å². The lowest BCUT2D eigenvalue weighted by Gasteiger charge is -2.31. The number of amides is 2. The number of hydrogen-bond donors (Lipinski definition) is 1. The first-order chi connectivity index (χ1) is 12.8. The molecule has 1 aliphatic rings. The van der Waals surface area contributed by atoms with E-state index >= 15 is 0 Å². The Bertz CT molecular complexity index is 634. The zero-order valence-corrected chi connectivity index (χ0v) is 16.6. The van der Waals surface area contributed by atoms with Gasteiger partial charge in [0.05, 0.1) is 26.0 Å². The third-order valence-corrected chi connectivity index (χ3v) is 4.30. The Kier molecular flexibility index (Phi) is 7.33. The lowest BCUT2D eigenvalue weighted by molar-refractivity contribution is 0.0546. The van der Waals surface area contributed by atoms with Gasteiger partial charge in [-0.1, -0.05) is 32.9 Å². The Labute approximate surface area is 161 Å². The van der Waals surface area contributed by atoms with Crippen LogP contribution < -0.4 is 10.1 Å². The Hall–Kier alpha value is -2.44. The van der Waals surface area contributed by atoms with Crippen LogP contribution in [-0.2, 0) is 9.47 Å². The maximum absolute atomic E-state index is 12.1. The smallest absolute Gasteiger partial charge is 0.411 e. The van der Waals surface area contributed by atoms with Gasteiger partial charge in [0.15, 0.2) is 0 Å². The third-order valence-electron chi connectivity index (χ3n) is 4.30. The van der Waals surface area contributed by atoms with Crippen molar-refractivity contribution in [2.24, 2.45) is 11.3 Å². The molecule has 27 heavy (non-hydrogen) atoms. The number of nitrogens with one attached hydrogen (secondary N) is 1. The minimum Gasteiger partial charge on any atom is -0.495 e. The minimum absolute atomic E-state index is 0.0450. The van der Waals surface area contributed by atoms with Crippen molar-refractivity contribution in [3.8, 4) is 5.75 Å². The Morgan fingerprint density at radius 2 is 1.81 bits per heavy atom. The van der Waals surface area contributed by atoms with Crippen molar-refractivity contribution < 1.29 is 23.8 Å². The summed E-state index contributed by atoms with van der Waals surface area (Å²) in [4.78, 5) is 25.8. The second kappa shape index (κ2) is 9.48. The number of ether oxygens (including phenoxy) is 3. The van der Waals surface area contributed by atoms with E-state index in [-0.39, 0.29) is 17.4 Å². The first-order valence-corrected chi connectivity index (χ1v) is 9.27. The summed E-state index contributed by atoms with van der Waals surface area (Å²) in [6.45, 7) is 8.04. The van der Waals surface area contributed by atoms with Crippen molar-refractivity contribution >= 4 is 17.9 Å². The van der Waals surface area contributed by atoms with Crippen LogP contribution in [0, 0.1) is 11.3 Å². The highest BCUT2D eigenvalue weighted by molar-refractivity contribution is 5.86. The summed E-state index contributed by atoms with van der Waals surface area (Å²) in [5.74, 6) is 0.816. The Morgan fingerprint density at radius 1 is 1.15 bits per heavy atom. The van der Waals surface area contributed by atoms with Gasteiger partial charge in [-0.05, 0) is 36.3 Å². The van der Waals surface area contributed by atoms with Gasteiger partial charge in [0, 0.05) is 13.1 Å². The molecule has 0 aromatic heterocycles. The summed E-state index contributed by atoms with van der Waals surface area (Å²) in [6.07, 6.45) is 0.795. The van der Waals surface area contributed by atoms with Gasteiger partial charge in [-0.2, -0.15) is 0 Å². The second-order valence-electron chi connectivity index (χ2n) is 7.97. The van der Waals surface area contributed by atoms with Gasteiger partial charge >= 0.3 is 12.2 Å². The summed E-state index contributed by atoms with van der Waals surface area (Å²) in [7, 11) is 1.55. The molecule has 7 nitrogen and oxygen atoms in total. The molecule has 0 spiro atoms. The lowest BCUT2D eigenvalue weighted by atomic mass is 9.98. The van der Waals surface area contributed by atoms with Crippen molar-refractivity contribution in [3.05, 3.63) is 24.3 Å². The van der Waals surface area contributed by atoms with Crippen LogP contribution >= 0.6 is 0 Å². The van der Waals surface area contributed by atoms with Gasteiger partial charge in [0.25, 0.3) is 0 Å². The first kappa shape index (κ1) is 20.9. The van der Waals surface area contributed by atoms with E-state index < -0.39 is 6.09 Å². The van der Waals surface area contributed by atoms with E-state index in [4.69, 9.17) is 14.2 Å². The predicted octanol–water partition coefficient (Wildman–Crippen LogP) is 4.14. The molecule has 1 saturated heterocycles. The minimum atomic E-state index is -0.508. The molecule has 1 aromatic rings. The molecule has 0 saturated carbocycles. The fourth-order valence-corrected chi connectivity index (χ4v) is 2.74. The van der Waals surface area contributed by atoms with Crippen molar-refractivity contribution in [2.45, 2.75) is 33.6 Å². The highest BCUT2D eigenvalue weighted by Crippen LogP contribution is 2.24. The summed E-state index contributed by atoms with van der Waals surface area (Å²) in [6, 6.07) is 7.16. The van der Waals surface area contributed by atoms with E-state index in [0.29, 0.717) is 37.7 Å². The molecule has 0 unspecified atom stereocenters. The number of piperidine rings is 1. The molecule has 2 amide bonds. The second-order valence-corrected chi connectivity index (χ2v) is 7.97. The number of anilines is 1. The molecule has 150 valence electrons. The molecule has 0 aliphatic carbocycles. The van der Waals surface area contributed by atoms with Crippen LogP contribution in [0.5, 0.6) is 5.75 Å². The fraction of sp³-hybridized carbons (Fsp3) is 0.600. The SMILES string of the molecule is COc1ccccc1NC(=O)OCC1CCN(C(=O)OCC(C)(C)C)CC1. The van der Waals surface area contributed by atoms with Gasteiger partial charge in [-0.25, -0.2) is 9.59 Å². The zero-order valence-electron chi connectivity index (χ0n) is 16.6. The molecule has 1 aliphatic heterocycles. The monoisotopic (exact) mass is 378 g/mol. The standard InChI is InChI=1S/C20H30N2O5/c1-20(2,3)14-27-19(24)22-11-9-15(10-12-22)13-26-18(23)21-16-7-5-6-8-17(16)25-4/h5-8,15H,9-14H2,1-4H3,(H,21,23). The van der Waals surface area contributed by atoms with Crippen LogP contribution in [0.2, 0.25) is 0 Å². The fourth-order valence-electron chi connectivity index (χ4n) is 2.74. The molecule has 1 N–H and O–H groups in total. The quantitative estimate of drug-likeness (QED) is 0.833. The Balaban J connectivity index is 1.70. The van der Waals surface area contributed by atoms with Crippen LogP contribution in [0.15, 0.2) is 24.3 Å². The molecule has 0 bridgehead atoms. The summed E-state index contributed by atoms with van der Waals surface area (Å²) < 4.78 is 15.9. The zero-order chi connectivity index (χ0) is 19.9. The Morgan fingerprint density at radius 3 is 2.44 bits per heavy atom. The number of hydrogen-bond acceptors (Lipinski definition) is 5. The van der Waals surface area contributed by atoms with Crippen molar-refractivity contribution in [1.82, 2.24) is 4.90 Å². The number of carbonyl (C=O) groups is 2. The van der Waals surface area contributed by atoms with Gasteiger partial charge in [0.1, 0.15) is 5.75 Å². The van der Waals surface area contributed by atoms with Crippen LogP contribution in [0.4, 0.5) is 15.3 Å². The van der Waals surface area contributed by atoms with E-state index in [0.717, 1.165) is 12.8 Å². The largest absolute Gasteiger partial charge is 0.495 e. The predicted molar refractivity (Wildman–Crippen MR) is 103 cm³/mol. The van der Waals surface area contributed by atoms with Crippen LogP contribution in [-0.4, -0.2) is 50.5 Å². The van der Waals surface area contributed by atoms with Gasteiger partial charge in [-0.15, -0.1) is 0 Å². The highest BCUT2D eigenvalue weighted by Gasteiger charge is 2.25. The van der Waals surface area contributed by atoms with Crippen LogP contribution in [0.3, 0.4) is 0 Å². The van der Waals surface area contributed by atoms with E-state index in [1.165, 1.54) is 0 Å². The third kappa shape index (κ3) is 7.00. The molecule has 2 rings (SSSR count). The molecule has 1 fully saturated rings. The van der Waals surface area contributed by atoms with Crippen molar-refractivity contribution in [3.63, 3.8) is 0 Å². The van der Waals surface area contributed by atoms with Crippen LogP contribution in [0.1, 0.15) is 33.6 Å². The average molecular weight is 378 g/mol. The number of methoxy groups -OCH3 is 1. The van der Waals surface area contributed by atoms with Gasteiger partial charge in [0.2, 0.25) is 0 Å². The number of likely N-dealkylation sites (tertiary alicyclic amines) is 1. The highest BCUT2D eigenvalue weighted by atomic mass is 16.6. The number of benzene rings is 1. The molecule has 1 heterocycles. The first-order valence-electron chi connectivity index (χ1n) is 9.27. The number of carbonyl (C=O) groups excluding carboxylic acids is 2. The van der Waals surface area contributed by atoms with Crippen molar-refractivity contribution in [2.75, 3.05) is 38.7 Å². The van der Waals surface area contributed by atoms with Gasteiger partial charge < -0.3 is 19.1 Å². The summed E-state index contributed by atoms with van der Waals surface area (Å²) in [5, 5.41) is 2.69.